The number of nitrogens with zero attached hydrogens (tertiary/aromatic N) is 1. The molecule has 1 amide bonds. The first-order valence-corrected chi connectivity index (χ1v) is 9.94. The number of sulfonamides is 1. The van der Waals surface area contributed by atoms with E-state index in [2.05, 4.69) is 26.0 Å². The summed E-state index contributed by atoms with van der Waals surface area (Å²) in [5, 5.41) is 2.59. The van der Waals surface area contributed by atoms with Crippen molar-refractivity contribution < 1.29 is 17.6 Å². The molecule has 26 heavy (non-hydrogen) atoms. The largest absolute Gasteiger partial charge is 0.326 e. The van der Waals surface area contributed by atoms with Crippen LogP contribution in [0.3, 0.4) is 0 Å². The van der Waals surface area contributed by atoms with Crippen LogP contribution >= 0.6 is 15.9 Å². The number of anilines is 1. The Labute approximate surface area is 160 Å². The molecular formula is C17H19BrFN3O3S. The van der Waals surface area contributed by atoms with Gasteiger partial charge < -0.3 is 5.32 Å². The number of hydrogen-bond acceptors (Lipinski definition) is 4. The topological polar surface area (TPSA) is 78.5 Å². The Bertz CT molecular complexity index is 904. The van der Waals surface area contributed by atoms with Gasteiger partial charge in [-0.1, -0.05) is 18.2 Å². The van der Waals surface area contributed by atoms with E-state index in [1.807, 2.05) is 0 Å². The molecule has 0 aliphatic heterocycles. The third-order valence-corrected chi connectivity index (χ3v) is 5.76. The molecule has 0 saturated carbocycles. The Kier molecular flexibility index (Phi) is 6.87. The van der Waals surface area contributed by atoms with Gasteiger partial charge in [-0.25, -0.2) is 12.8 Å². The highest BCUT2D eigenvalue weighted by Gasteiger charge is 2.19. The maximum atomic E-state index is 13.6. The zero-order chi connectivity index (χ0) is 19.3. The van der Waals surface area contributed by atoms with Crippen molar-refractivity contribution in [2.24, 2.45) is 0 Å². The van der Waals surface area contributed by atoms with Gasteiger partial charge in [-0.3, -0.25) is 9.69 Å². The van der Waals surface area contributed by atoms with E-state index in [0.717, 1.165) is 0 Å². The van der Waals surface area contributed by atoms with Crippen LogP contribution in [0.2, 0.25) is 0 Å². The quantitative estimate of drug-likeness (QED) is 0.644. The molecule has 0 unspecified atom stereocenters. The Balaban J connectivity index is 2.16. The smallest absolute Gasteiger partial charge is 0.242 e. The molecule has 0 saturated heterocycles. The Morgan fingerprint density at radius 3 is 2.54 bits per heavy atom. The summed E-state index contributed by atoms with van der Waals surface area (Å²) in [4.78, 5) is 13.8. The van der Waals surface area contributed by atoms with Gasteiger partial charge in [0.15, 0.2) is 0 Å². The summed E-state index contributed by atoms with van der Waals surface area (Å²) < 4.78 is 41.3. The predicted octanol–water partition coefficient (Wildman–Crippen LogP) is 2.57. The average molecular weight is 444 g/mol. The van der Waals surface area contributed by atoms with Gasteiger partial charge in [0.05, 0.1) is 18.0 Å². The minimum atomic E-state index is -3.76. The van der Waals surface area contributed by atoms with E-state index >= 15 is 0 Å². The van der Waals surface area contributed by atoms with E-state index < -0.39 is 21.7 Å². The lowest BCUT2D eigenvalue weighted by Gasteiger charge is -2.14. The van der Waals surface area contributed by atoms with Gasteiger partial charge in [0.2, 0.25) is 15.9 Å². The molecule has 0 fully saturated rings. The molecule has 0 bridgehead atoms. The number of carbonyl (C=O) groups excluding carboxylic acids is 1. The minimum absolute atomic E-state index is 0.00282. The second-order valence-electron chi connectivity index (χ2n) is 5.85. The molecule has 2 aromatic carbocycles. The fraction of sp³-hybridized carbons (Fsp3) is 0.235. The summed E-state index contributed by atoms with van der Waals surface area (Å²) in [7, 11) is -0.294. The standard InChI is InChI=1S/C17H19BrFN3O3S/c1-22(2)11-20-26(24,25)16-10-13(7-8-14(16)18)21-17(23)9-12-5-3-4-6-15(12)19/h3-8,10,20H,9,11H2,1-2H3,(H,21,23). The first-order chi connectivity index (χ1) is 12.2. The zero-order valence-electron chi connectivity index (χ0n) is 14.3. The molecule has 0 aliphatic carbocycles. The highest BCUT2D eigenvalue weighted by atomic mass is 79.9. The van der Waals surface area contributed by atoms with Crippen molar-refractivity contribution >= 4 is 37.5 Å². The first-order valence-electron chi connectivity index (χ1n) is 7.66. The van der Waals surface area contributed by atoms with Crippen LogP contribution < -0.4 is 10.0 Å². The minimum Gasteiger partial charge on any atom is -0.326 e. The second-order valence-corrected chi connectivity index (χ2v) is 8.44. The summed E-state index contributed by atoms with van der Waals surface area (Å²) in [6, 6.07) is 10.4. The van der Waals surface area contributed by atoms with Crippen LogP contribution in [0.1, 0.15) is 5.56 Å². The molecule has 0 spiro atoms. The number of rotatable bonds is 7. The molecule has 0 radical (unpaired) electrons. The van der Waals surface area contributed by atoms with Gasteiger partial charge in [0.1, 0.15) is 5.82 Å². The van der Waals surface area contributed by atoms with Crippen molar-refractivity contribution in [2.75, 3.05) is 26.1 Å². The molecule has 0 heterocycles. The van der Waals surface area contributed by atoms with Crippen molar-refractivity contribution in [1.29, 1.82) is 0 Å². The number of nitrogens with one attached hydrogen (secondary N) is 2. The van der Waals surface area contributed by atoms with Gasteiger partial charge in [-0.05, 0) is 59.9 Å². The molecule has 2 aromatic rings. The Hall–Kier alpha value is -1.81. The summed E-state index contributed by atoms with van der Waals surface area (Å²) >= 11 is 3.21. The molecule has 0 aromatic heterocycles. The van der Waals surface area contributed by atoms with Crippen molar-refractivity contribution in [3.63, 3.8) is 0 Å². The molecular weight excluding hydrogens is 425 g/mol. The fourth-order valence-electron chi connectivity index (χ4n) is 2.10. The molecule has 6 nitrogen and oxygen atoms in total. The molecule has 2 N–H and O–H groups in total. The van der Waals surface area contributed by atoms with E-state index in [0.29, 0.717) is 10.2 Å². The van der Waals surface area contributed by atoms with Gasteiger partial charge in [-0.15, -0.1) is 0 Å². The molecule has 2 rings (SSSR count). The molecule has 0 aliphatic rings. The van der Waals surface area contributed by atoms with E-state index in [1.165, 1.54) is 24.3 Å². The number of benzene rings is 2. The fourth-order valence-corrected chi connectivity index (χ4v) is 4.18. The number of hydrogen-bond donors (Lipinski definition) is 2. The van der Waals surface area contributed by atoms with Gasteiger partial charge >= 0.3 is 0 Å². The monoisotopic (exact) mass is 443 g/mol. The highest BCUT2D eigenvalue weighted by Crippen LogP contribution is 2.25. The van der Waals surface area contributed by atoms with Crippen LogP contribution in [0.15, 0.2) is 51.8 Å². The van der Waals surface area contributed by atoms with E-state index in [-0.39, 0.29) is 23.5 Å². The molecule has 0 atom stereocenters. The van der Waals surface area contributed by atoms with Gasteiger partial charge in [0.25, 0.3) is 0 Å². The van der Waals surface area contributed by atoms with E-state index in [9.17, 15) is 17.6 Å². The van der Waals surface area contributed by atoms with Crippen LogP contribution in [0.25, 0.3) is 0 Å². The van der Waals surface area contributed by atoms with Crippen LogP contribution in [0.4, 0.5) is 10.1 Å². The van der Waals surface area contributed by atoms with Crippen molar-refractivity contribution in [3.05, 3.63) is 58.3 Å². The van der Waals surface area contributed by atoms with Crippen molar-refractivity contribution in [3.8, 4) is 0 Å². The lowest BCUT2D eigenvalue weighted by atomic mass is 10.1. The number of carbonyl (C=O) groups is 1. The highest BCUT2D eigenvalue weighted by molar-refractivity contribution is 9.10. The number of halogens is 2. The van der Waals surface area contributed by atoms with Crippen LogP contribution in [-0.2, 0) is 21.2 Å². The summed E-state index contributed by atoms with van der Waals surface area (Å²) in [6.45, 7) is 0.138. The normalized spacial score (nSPS) is 11.6. The Morgan fingerprint density at radius 1 is 1.19 bits per heavy atom. The number of amides is 1. The second kappa shape index (κ2) is 8.72. The maximum Gasteiger partial charge on any atom is 0.242 e. The first kappa shape index (κ1) is 20.5. The third kappa shape index (κ3) is 5.60. The summed E-state index contributed by atoms with van der Waals surface area (Å²) in [6.07, 6.45) is -0.149. The van der Waals surface area contributed by atoms with Crippen LogP contribution in [-0.4, -0.2) is 40.0 Å². The summed E-state index contributed by atoms with van der Waals surface area (Å²) in [5.41, 5.74) is 0.572. The van der Waals surface area contributed by atoms with Crippen LogP contribution in [0, 0.1) is 5.82 Å². The lowest BCUT2D eigenvalue weighted by Crippen LogP contribution is -2.33. The van der Waals surface area contributed by atoms with Crippen molar-refractivity contribution in [1.82, 2.24) is 9.62 Å². The predicted molar refractivity (Wildman–Crippen MR) is 102 cm³/mol. The third-order valence-electron chi connectivity index (χ3n) is 3.38. The summed E-state index contributed by atoms with van der Waals surface area (Å²) in [5.74, 6) is -0.906. The molecule has 9 heteroatoms. The molecule has 140 valence electrons. The zero-order valence-corrected chi connectivity index (χ0v) is 16.7. The average Bonchev–Trinajstić information content (AvgIpc) is 2.57. The lowest BCUT2D eigenvalue weighted by molar-refractivity contribution is -0.115. The van der Waals surface area contributed by atoms with E-state index in [1.54, 1.807) is 37.2 Å². The Morgan fingerprint density at radius 2 is 1.88 bits per heavy atom. The van der Waals surface area contributed by atoms with Crippen LogP contribution in [0.5, 0.6) is 0 Å². The van der Waals surface area contributed by atoms with E-state index in [4.69, 9.17) is 0 Å². The van der Waals surface area contributed by atoms with Crippen molar-refractivity contribution in [2.45, 2.75) is 11.3 Å². The SMILES string of the molecule is CN(C)CNS(=O)(=O)c1cc(NC(=O)Cc2ccccc2F)ccc1Br. The van der Waals surface area contributed by atoms with Gasteiger partial charge in [0, 0.05) is 10.2 Å². The van der Waals surface area contributed by atoms with Gasteiger partial charge in [-0.2, -0.15) is 4.72 Å². The maximum absolute atomic E-state index is 13.6.